The van der Waals surface area contributed by atoms with Crippen LogP contribution in [0.3, 0.4) is 0 Å². The fourth-order valence-corrected chi connectivity index (χ4v) is 2.57. The standard InChI is InChI=1S/C16H15ClFN/c17-14-6-3-7-15(18)16(14)19-10-12-4-1-2-5-13(12)11-8-9-11/h1-7,11,19H,8-10H2. The van der Waals surface area contributed by atoms with E-state index in [1.807, 2.05) is 6.07 Å². The molecule has 2 aromatic carbocycles. The summed E-state index contributed by atoms with van der Waals surface area (Å²) in [6, 6.07) is 13.1. The van der Waals surface area contributed by atoms with E-state index in [4.69, 9.17) is 11.6 Å². The van der Waals surface area contributed by atoms with Crippen molar-refractivity contribution in [2.45, 2.75) is 25.3 Å². The summed E-state index contributed by atoms with van der Waals surface area (Å²) < 4.78 is 13.7. The lowest BCUT2D eigenvalue weighted by molar-refractivity contribution is 0.630. The van der Waals surface area contributed by atoms with Gasteiger partial charge in [0.1, 0.15) is 5.82 Å². The van der Waals surface area contributed by atoms with Crippen molar-refractivity contribution in [3.63, 3.8) is 0 Å². The second-order valence-electron chi connectivity index (χ2n) is 4.92. The van der Waals surface area contributed by atoms with Gasteiger partial charge in [0.25, 0.3) is 0 Å². The van der Waals surface area contributed by atoms with Crippen LogP contribution in [0.1, 0.15) is 29.9 Å². The minimum Gasteiger partial charge on any atom is -0.377 e. The van der Waals surface area contributed by atoms with Gasteiger partial charge in [-0.05, 0) is 42.0 Å². The lowest BCUT2D eigenvalue weighted by Gasteiger charge is -2.12. The lowest BCUT2D eigenvalue weighted by Crippen LogP contribution is -2.04. The quantitative estimate of drug-likeness (QED) is 0.831. The Labute approximate surface area is 117 Å². The number of hydrogen-bond acceptors (Lipinski definition) is 1. The molecule has 0 saturated heterocycles. The van der Waals surface area contributed by atoms with Gasteiger partial charge in [0.15, 0.2) is 0 Å². The van der Waals surface area contributed by atoms with Gasteiger partial charge in [0.2, 0.25) is 0 Å². The molecule has 19 heavy (non-hydrogen) atoms. The molecule has 2 aromatic rings. The van der Waals surface area contributed by atoms with Crippen LogP contribution in [0.15, 0.2) is 42.5 Å². The Morgan fingerprint density at radius 2 is 1.89 bits per heavy atom. The number of nitrogens with one attached hydrogen (secondary N) is 1. The first kappa shape index (κ1) is 12.5. The summed E-state index contributed by atoms with van der Waals surface area (Å²) in [7, 11) is 0. The van der Waals surface area contributed by atoms with Crippen molar-refractivity contribution >= 4 is 17.3 Å². The van der Waals surface area contributed by atoms with Crippen molar-refractivity contribution in [2.24, 2.45) is 0 Å². The largest absolute Gasteiger partial charge is 0.377 e. The van der Waals surface area contributed by atoms with Gasteiger partial charge in [-0.25, -0.2) is 4.39 Å². The molecule has 1 N–H and O–H groups in total. The highest BCUT2D eigenvalue weighted by Crippen LogP contribution is 2.41. The molecule has 3 rings (SSSR count). The van der Waals surface area contributed by atoms with Gasteiger partial charge < -0.3 is 5.32 Å². The third-order valence-electron chi connectivity index (χ3n) is 3.49. The maximum atomic E-state index is 13.7. The van der Waals surface area contributed by atoms with E-state index in [9.17, 15) is 4.39 Å². The maximum Gasteiger partial charge on any atom is 0.147 e. The van der Waals surface area contributed by atoms with Crippen molar-refractivity contribution < 1.29 is 4.39 Å². The summed E-state index contributed by atoms with van der Waals surface area (Å²) in [5.74, 6) is 0.380. The van der Waals surface area contributed by atoms with Gasteiger partial charge in [-0.3, -0.25) is 0 Å². The van der Waals surface area contributed by atoms with Crippen molar-refractivity contribution in [2.75, 3.05) is 5.32 Å². The topological polar surface area (TPSA) is 12.0 Å². The number of rotatable bonds is 4. The number of benzene rings is 2. The SMILES string of the molecule is Fc1cccc(Cl)c1NCc1ccccc1C1CC1. The van der Waals surface area contributed by atoms with Crippen molar-refractivity contribution in [1.29, 1.82) is 0 Å². The fourth-order valence-electron chi connectivity index (χ4n) is 2.34. The normalized spacial score (nSPS) is 14.4. The van der Waals surface area contributed by atoms with Gasteiger partial charge in [0, 0.05) is 6.54 Å². The van der Waals surface area contributed by atoms with Gasteiger partial charge in [-0.1, -0.05) is 41.9 Å². The predicted molar refractivity (Wildman–Crippen MR) is 77.2 cm³/mol. The summed E-state index contributed by atoms with van der Waals surface area (Å²) in [4.78, 5) is 0. The number of anilines is 1. The van der Waals surface area contributed by atoms with Crippen LogP contribution in [0, 0.1) is 5.82 Å². The van der Waals surface area contributed by atoms with Crippen LogP contribution in [-0.2, 0) is 6.54 Å². The van der Waals surface area contributed by atoms with E-state index in [1.54, 1.807) is 12.1 Å². The van der Waals surface area contributed by atoms with Gasteiger partial charge in [-0.15, -0.1) is 0 Å². The molecule has 0 amide bonds. The minimum absolute atomic E-state index is 0.309. The molecule has 1 aliphatic rings. The van der Waals surface area contributed by atoms with Crippen LogP contribution in [0.4, 0.5) is 10.1 Å². The highest BCUT2D eigenvalue weighted by atomic mass is 35.5. The Morgan fingerprint density at radius 3 is 2.63 bits per heavy atom. The number of halogens is 2. The highest BCUT2D eigenvalue weighted by molar-refractivity contribution is 6.33. The molecule has 1 fully saturated rings. The summed E-state index contributed by atoms with van der Waals surface area (Å²) in [5.41, 5.74) is 2.99. The molecule has 1 saturated carbocycles. The first-order valence-electron chi connectivity index (χ1n) is 6.51. The maximum absolute atomic E-state index is 13.7. The molecule has 0 heterocycles. The Balaban J connectivity index is 1.79. The van der Waals surface area contributed by atoms with Gasteiger partial charge in [0.05, 0.1) is 10.7 Å². The molecule has 1 nitrogen and oxygen atoms in total. The van der Waals surface area contributed by atoms with Crippen LogP contribution in [-0.4, -0.2) is 0 Å². The fraction of sp³-hybridized carbons (Fsp3) is 0.250. The summed E-state index contributed by atoms with van der Waals surface area (Å²) in [6.07, 6.45) is 2.52. The Bertz CT molecular complexity index is 573. The first-order valence-corrected chi connectivity index (χ1v) is 6.89. The summed E-state index contributed by atoms with van der Waals surface area (Å²) in [6.45, 7) is 0.604. The molecule has 0 atom stereocenters. The van der Waals surface area contributed by atoms with Crippen LogP contribution >= 0.6 is 11.6 Å². The second kappa shape index (κ2) is 5.22. The van der Waals surface area contributed by atoms with Gasteiger partial charge >= 0.3 is 0 Å². The number of hydrogen-bond donors (Lipinski definition) is 1. The molecule has 98 valence electrons. The van der Waals surface area contributed by atoms with Crippen molar-refractivity contribution in [3.8, 4) is 0 Å². The molecule has 1 aliphatic carbocycles. The molecule has 0 bridgehead atoms. The second-order valence-corrected chi connectivity index (χ2v) is 5.33. The van der Waals surface area contributed by atoms with Crippen molar-refractivity contribution in [1.82, 2.24) is 0 Å². The molecule has 0 aliphatic heterocycles. The van der Waals surface area contributed by atoms with E-state index in [0.29, 0.717) is 23.2 Å². The average molecular weight is 276 g/mol. The zero-order valence-corrected chi connectivity index (χ0v) is 11.3. The molecule has 0 radical (unpaired) electrons. The van der Waals surface area contributed by atoms with Crippen LogP contribution in [0.25, 0.3) is 0 Å². The Hall–Kier alpha value is -1.54. The van der Waals surface area contributed by atoms with Crippen LogP contribution < -0.4 is 5.32 Å². The third kappa shape index (κ3) is 2.74. The number of para-hydroxylation sites is 1. The van der Waals surface area contributed by atoms with Gasteiger partial charge in [-0.2, -0.15) is 0 Å². The smallest absolute Gasteiger partial charge is 0.147 e. The molecule has 0 aromatic heterocycles. The zero-order valence-electron chi connectivity index (χ0n) is 10.5. The van der Waals surface area contributed by atoms with E-state index >= 15 is 0 Å². The van der Waals surface area contributed by atoms with E-state index in [1.165, 1.54) is 30.0 Å². The average Bonchev–Trinajstić information content (AvgIpc) is 3.23. The van der Waals surface area contributed by atoms with E-state index in [0.717, 1.165) is 0 Å². The van der Waals surface area contributed by atoms with Crippen LogP contribution in [0.2, 0.25) is 5.02 Å². The molecular formula is C16H15ClFN. The highest BCUT2D eigenvalue weighted by Gasteiger charge is 2.25. The summed E-state index contributed by atoms with van der Waals surface area (Å²) >= 11 is 6.01. The Kier molecular flexibility index (Phi) is 3.43. The van der Waals surface area contributed by atoms with Crippen LogP contribution in [0.5, 0.6) is 0 Å². The predicted octanol–water partition coefficient (Wildman–Crippen LogP) is 4.97. The minimum atomic E-state index is -0.309. The first-order chi connectivity index (χ1) is 9.25. The van der Waals surface area contributed by atoms with E-state index < -0.39 is 0 Å². The summed E-state index contributed by atoms with van der Waals surface area (Å²) in [5, 5.41) is 3.53. The molecular weight excluding hydrogens is 261 g/mol. The molecule has 3 heteroatoms. The lowest BCUT2D eigenvalue weighted by atomic mass is 10.0. The Morgan fingerprint density at radius 1 is 1.11 bits per heavy atom. The van der Waals surface area contributed by atoms with E-state index in [2.05, 4.69) is 23.5 Å². The molecule has 0 spiro atoms. The third-order valence-corrected chi connectivity index (χ3v) is 3.81. The van der Waals surface area contributed by atoms with Crippen molar-refractivity contribution in [3.05, 3.63) is 64.4 Å². The molecule has 0 unspecified atom stereocenters. The zero-order chi connectivity index (χ0) is 13.2. The monoisotopic (exact) mass is 275 g/mol. The van der Waals surface area contributed by atoms with E-state index in [-0.39, 0.29) is 5.82 Å².